The molecule has 2 aromatic carbocycles. The lowest BCUT2D eigenvalue weighted by Crippen LogP contribution is -2.26. The zero-order chi connectivity index (χ0) is 18.5. The third-order valence-corrected chi connectivity index (χ3v) is 4.35. The molecule has 0 saturated heterocycles. The van der Waals surface area contributed by atoms with Crippen LogP contribution in [-0.2, 0) is 20.2 Å². The van der Waals surface area contributed by atoms with Crippen molar-refractivity contribution in [2.45, 2.75) is 13.2 Å². The fraction of sp³-hybridized carbons (Fsp3) is 0.200. The summed E-state index contributed by atoms with van der Waals surface area (Å²) in [5.74, 6) is 0.430. The molecular formula is C20H20ClN3O2. The van der Waals surface area contributed by atoms with Crippen molar-refractivity contribution in [2.24, 2.45) is 7.05 Å². The molecule has 3 aromatic rings. The minimum Gasteiger partial charge on any atom is -0.488 e. The van der Waals surface area contributed by atoms with Gasteiger partial charge in [-0.1, -0.05) is 41.9 Å². The lowest BCUT2D eigenvalue weighted by Gasteiger charge is -2.18. The molecule has 0 aliphatic rings. The van der Waals surface area contributed by atoms with E-state index < -0.39 is 0 Å². The van der Waals surface area contributed by atoms with Gasteiger partial charge in [-0.05, 0) is 18.2 Å². The maximum Gasteiger partial charge on any atom is 0.257 e. The van der Waals surface area contributed by atoms with Crippen molar-refractivity contribution in [2.75, 3.05) is 7.05 Å². The quantitative estimate of drug-likeness (QED) is 0.661. The summed E-state index contributed by atoms with van der Waals surface area (Å²) in [7, 11) is 3.61. The Morgan fingerprint density at radius 3 is 2.65 bits per heavy atom. The molecule has 3 rings (SSSR count). The van der Waals surface area contributed by atoms with Crippen molar-refractivity contribution in [1.29, 1.82) is 0 Å². The number of para-hydroxylation sites is 1. The molecule has 0 aliphatic carbocycles. The molecule has 0 saturated carbocycles. The summed E-state index contributed by atoms with van der Waals surface area (Å²) in [5, 5.41) is 4.78. The number of carbonyl (C=O) groups is 1. The fourth-order valence-corrected chi connectivity index (χ4v) is 2.84. The Kier molecular flexibility index (Phi) is 5.58. The number of aryl methyl sites for hydroxylation is 1. The minimum atomic E-state index is -0.108. The first-order chi connectivity index (χ1) is 12.5. The Hall–Kier alpha value is -2.79. The summed E-state index contributed by atoms with van der Waals surface area (Å²) in [6.45, 7) is 0.780. The Morgan fingerprint density at radius 1 is 1.19 bits per heavy atom. The Balaban J connectivity index is 1.73. The third kappa shape index (κ3) is 4.24. The first-order valence-corrected chi connectivity index (χ1v) is 8.60. The number of carbonyl (C=O) groups excluding carboxylic acids is 1. The smallest absolute Gasteiger partial charge is 0.257 e. The number of amides is 1. The van der Waals surface area contributed by atoms with Crippen molar-refractivity contribution >= 4 is 17.5 Å². The molecule has 0 aliphatic heterocycles. The largest absolute Gasteiger partial charge is 0.488 e. The van der Waals surface area contributed by atoms with E-state index in [0.717, 1.165) is 11.1 Å². The molecule has 0 spiro atoms. The summed E-state index contributed by atoms with van der Waals surface area (Å²) in [4.78, 5) is 14.5. The number of benzene rings is 2. The van der Waals surface area contributed by atoms with E-state index in [9.17, 15) is 4.79 Å². The number of halogens is 1. The van der Waals surface area contributed by atoms with Gasteiger partial charge in [-0.15, -0.1) is 0 Å². The molecule has 5 nitrogen and oxygen atoms in total. The van der Waals surface area contributed by atoms with Gasteiger partial charge >= 0.3 is 0 Å². The molecule has 1 heterocycles. The summed E-state index contributed by atoms with van der Waals surface area (Å²) in [6.07, 6.45) is 3.65. The fourth-order valence-electron chi connectivity index (χ4n) is 2.64. The predicted molar refractivity (Wildman–Crippen MR) is 101 cm³/mol. The molecule has 1 amide bonds. The minimum absolute atomic E-state index is 0.108. The van der Waals surface area contributed by atoms with Crippen molar-refractivity contribution < 1.29 is 9.53 Å². The van der Waals surface area contributed by atoms with Crippen molar-refractivity contribution in [3.63, 3.8) is 0 Å². The van der Waals surface area contributed by atoms with Crippen molar-refractivity contribution in [1.82, 2.24) is 14.7 Å². The molecule has 26 heavy (non-hydrogen) atoms. The third-order valence-electron chi connectivity index (χ3n) is 3.98. The van der Waals surface area contributed by atoms with Crippen LogP contribution in [0.15, 0.2) is 60.9 Å². The Labute approximate surface area is 157 Å². The highest BCUT2D eigenvalue weighted by molar-refractivity contribution is 6.31. The van der Waals surface area contributed by atoms with Crippen LogP contribution in [0, 0.1) is 0 Å². The van der Waals surface area contributed by atoms with E-state index in [2.05, 4.69) is 5.10 Å². The van der Waals surface area contributed by atoms with Crippen LogP contribution in [0.1, 0.15) is 21.5 Å². The van der Waals surface area contributed by atoms with Crippen LogP contribution in [0.4, 0.5) is 0 Å². The van der Waals surface area contributed by atoms with Gasteiger partial charge in [-0.25, -0.2) is 0 Å². The van der Waals surface area contributed by atoms with Crippen molar-refractivity contribution in [3.8, 4) is 5.75 Å². The van der Waals surface area contributed by atoms with E-state index in [1.807, 2.05) is 49.6 Å². The standard InChI is InChI=1S/C20H20ClN3O2/c1-23(12-15-11-22-24(2)13-15)20(25)17-8-4-6-10-19(17)26-14-16-7-3-5-9-18(16)21/h3-11,13H,12,14H2,1-2H3. The Bertz CT molecular complexity index is 907. The van der Waals surface area contributed by atoms with E-state index in [4.69, 9.17) is 16.3 Å². The summed E-state index contributed by atoms with van der Waals surface area (Å²) in [6, 6.07) is 14.7. The van der Waals surface area contributed by atoms with Gasteiger partial charge in [-0.2, -0.15) is 5.10 Å². The number of hydrogen-bond donors (Lipinski definition) is 0. The predicted octanol–water partition coefficient (Wildman–Crippen LogP) is 3.92. The van der Waals surface area contributed by atoms with Gasteiger partial charge < -0.3 is 9.64 Å². The molecule has 1 aromatic heterocycles. The zero-order valence-electron chi connectivity index (χ0n) is 14.7. The van der Waals surface area contributed by atoms with Gasteiger partial charge in [-0.3, -0.25) is 9.48 Å². The number of nitrogens with zero attached hydrogens (tertiary/aromatic N) is 3. The van der Waals surface area contributed by atoms with Crippen LogP contribution in [-0.4, -0.2) is 27.6 Å². The average molecular weight is 370 g/mol. The van der Waals surface area contributed by atoms with Crippen LogP contribution in [0.2, 0.25) is 5.02 Å². The van der Waals surface area contributed by atoms with Crippen LogP contribution < -0.4 is 4.74 Å². The number of rotatable bonds is 6. The molecule has 6 heteroatoms. The van der Waals surface area contributed by atoms with Crippen LogP contribution in [0.25, 0.3) is 0 Å². The summed E-state index contributed by atoms with van der Waals surface area (Å²) < 4.78 is 7.60. The Morgan fingerprint density at radius 2 is 1.92 bits per heavy atom. The second kappa shape index (κ2) is 8.06. The second-order valence-corrected chi connectivity index (χ2v) is 6.47. The number of aromatic nitrogens is 2. The topological polar surface area (TPSA) is 47.4 Å². The lowest BCUT2D eigenvalue weighted by molar-refractivity contribution is 0.0780. The van der Waals surface area contributed by atoms with Crippen LogP contribution in [0.5, 0.6) is 5.75 Å². The van der Waals surface area contributed by atoms with Crippen LogP contribution >= 0.6 is 11.6 Å². The first-order valence-electron chi connectivity index (χ1n) is 8.23. The zero-order valence-corrected chi connectivity index (χ0v) is 15.5. The summed E-state index contributed by atoms with van der Waals surface area (Å²) >= 11 is 6.17. The maximum absolute atomic E-state index is 12.8. The first kappa shape index (κ1) is 18.0. The molecule has 0 fully saturated rings. The molecule has 0 N–H and O–H groups in total. The van der Waals surface area contributed by atoms with Gasteiger partial charge in [0, 0.05) is 43.0 Å². The van der Waals surface area contributed by atoms with E-state index in [1.165, 1.54) is 0 Å². The molecule has 134 valence electrons. The van der Waals surface area contributed by atoms with Gasteiger partial charge in [0.05, 0.1) is 11.8 Å². The van der Waals surface area contributed by atoms with E-state index in [1.54, 1.807) is 35.0 Å². The van der Waals surface area contributed by atoms with Crippen molar-refractivity contribution in [3.05, 3.63) is 82.6 Å². The molecule has 0 unspecified atom stereocenters. The van der Waals surface area contributed by atoms with E-state index >= 15 is 0 Å². The number of ether oxygens (including phenoxy) is 1. The number of hydrogen-bond acceptors (Lipinski definition) is 3. The molecular weight excluding hydrogens is 350 g/mol. The monoisotopic (exact) mass is 369 g/mol. The highest BCUT2D eigenvalue weighted by atomic mass is 35.5. The molecule has 0 bridgehead atoms. The average Bonchev–Trinajstić information content (AvgIpc) is 3.05. The maximum atomic E-state index is 12.8. The van der Waals surface area contributed by atoms with Gasteiger partial charge in [0.25, 0.3) is 5.91 Å². The summed E-state index contributed by atoms with van der Waals surface area (Å²) in [5.41, 5.74) is 2.36. The van der Waals surface area contributed by atoms with Crippen LogP contribution in [0.3, 0.4) is 0 Å². The molecule has 0 radical (unpaired) electrons. The molecule has 0 atom stereocenters. The second-order valence-electron chi connectivity index (χ2n) is 6.06. The lowest BCUT2D eigenvalue weighted by atomic mass is 10.1. The van der Waals surface area contributed by atoms with Gasteiger partial charge in [0.15, 0.2) is 0 Å². The van der Waals surface area contributed by atoms with Gasteiger partial charge in [0.2, 0.25) is 0 Å². The highest BCUT2D eigenvalue weighted by Crippen LogP contribution is 2.23. The highest BCUT2D eigenvalue weighted by Gasteiger charge is 2.17. The van der Waals surface area contributed by atoms with Gasteiger partial charge in [0.1, 0.15) is 12.4 Å². The normalized spacial score (nSPS) is 10.6. The van der Waals surface area contributed by atoms with E-state index in [-0.39, 0.29) is 5.91 Å². The SMILES string of the molecule is CN(Cc1cnn(C)c1)C(=O)c1ccccc1OCc1ccccc1Cl. The van der Waals surface area contributed by atoms with E-state index in [0.29, 0.717) is 29.5 Å².